The molecular weight excluding hydrogens is 188 g/mol. The first-order chi connectivity index (χ1) is 6.89. The highest BCUT2D eigenvalue weighted by molar-refractivity contribution is 5.97. The van der Waals surface area contributed by atoms with Gasteiger partial charge in [-0.25, -0.2) is 4.99 Å². The predicted octanol–water partition coefficient (Wildman–Crippen LogP) is 3.33. The van der Waals surface area contributed by atoms with Gasteiger partial charge < -0.3 is 5.21 Å². The fraction of sp³-hybridized carbons (Fsp3) is 0.833. The standard InChI is InChI=1S/C12H22N2O/c1-8-6-7-11(12(8,4)5)9(2)13-10(3)14-15/h8,11,15H,6-7H2,1-5H3/b13-9+,14-10-/t8-,11-/m1/s1. The maximum atomic E-state index is 8.59. The van der Waals surface area contributed by atoms with Crippen molar-refractivity contribution in [1.82, 2.24) is 0 Å². The van der Waals surface area contributed by atoms with Gasteiger partial charge in [0.15, 0.2) is 5.84 Å². The minimum atomic E-state index is 0.309. The normalized spacial score (nSPS) is 32.1. The molecule has 0 spiro atoms. The third kappa shape index (κ3) is 2.39. The van der Waals surface area contributed by atoms with Crippen molar-refractivity contribution in [3.63, 3.8) is 0 Å². The Labute approximate surface area is 92.3 Å². The third-order valence-corrected chi connectivity index (χ3v) is 4.04. The zero-order valence-electron chi connectivity index (χ0n) is 10.4. The van der Waals surface area contributed by atoms with Crippen LogP contribution in [0.4, 0.5) is 0 Å². The molecule has 1 N–H and O–H groups in total. The molecule has 1 aliphatic rings. The van der Waals surface area contributed by atoms with Crippen molar-refractivity contribution >= 4 is 11.5 Å². The van der Waals surface area contributed by atoms with Gasteiger partial charge >= 0.3 is 0 Å². The molecule has 3 nitrogen and oxygen atoms in total. The van der Waals surface area contributed by atoms with Crippen molar-refractivity contribution in [3.05, 3.63) is 0 Å². The van der Waals surface area contributed by atoms with Gasteiger partial charge in [0.1, 0.15) is 0 Å². The van der Waals surface area contributed by atoms with Crippen LogP contribution in [0, 0.1) is 17.3 Å². The average molecular weight is 210 g/mol. The number of rotatable bonds is 1. The van der Waals surface area contributed by atoms with Gasteiger partial charge in [0.2, 0.25) is 0 Å². The van der Waals surface area contributed by atoms with E-state index in [1.807, 2.05) is 6.92 Å². The van der Waals surface area contributed by atoms with Crippen LogP contribution in [0.5, 0.6) is 0 Å². The van der Waals surface area contributed by atoms with E-state index in [2.05, 4.69) is 30.9 Å². The summed E-state index contributed by atoms with van der Waals surface area (Å²) in [6.45, 7) is 10.7. The van der Waals surface area contributed by atoms with Crippen molar-refractivity contribution < 1.29 is 5.21 Å². The van der Waals surface area contributed by atoms with Crippen molar-refractivity contribution in [2.45, 2.75) is 47.5 Å². The van der Waals surface area contributed by atoms with E-state index in [0.717, 1.165) is 11.6 Å². The van der Waals surface area contributed by atoms with Crippen LogP contribution in [0.25, 0.3) is 0 Å². The molecule has 1 fully saturated rings. The van der Waals surface area contributed by atoms with Crippen LogP contribution in [0.1, 0.15) is 47.5 Å². The highest BCUT2D eigenvalue weighted by Crippen LogP contribution is 2.47. The lowest BCUT2D eigenvalue weighted by atomic mass is 9.74. The molecule has 1 rings (SSSR count). The second-order valence-corrected chi connectivity index (χ2v) is 5.25. The molecule has 15 heavy (non-hydrogen) atoms. The van der Waals surface area contributed by atoms with E-state index in [9.17, 15) is 0 Å². The fourth-order valence-electron chi connectivity index (χ4n) is 2.61. The maximum absolute atomic E-state index is 8.59. The van der Waals surface area contributed by atoms with Gasteiger partial charge in [-0.2, -0.15) is 0 Å². The number of hydrogen-bond donors (Lipinski definition) is 1. The Morgan fingerprint density at radius 3 is 2.27 bits per heavy atom. The molecule has 0 aromatic heterocycles. The Hall–Kier alpha value is -0.860. The minimum absolute atomic E-state index is 0.309. The lowest BCUT2D eigenvalue weighted by Gasteiger charge is -2.31. The lowest BCUT2D eigenvalue weighted by Crippen LogP contribution is -2.28. The number of hydrogen-bond acceptors (Lipinski definition) is 2. The highest BCUT2D eigenvalue weighted by atomic mass is 16.4. The number of oxime groups is 1. The average Bonchev–Trinajstić information content (AvgIpc) is 2.41. The molecule has 1 saturated carbocycles. The molecule has 1 aliphatic carbocycles. The van der Waals surface area contributed by atoms with E-state index in [1.165, 1.54) is 12.8 Å². The first-order valence-electron chi connectivity index (χ1n) is 5.63. The van der Waals surface area contributed by atoms with Gasteiger partial charge in [0, 0.05) is 11.6 Å². The molecule has 0 aromatic rings. The molecule has 86 valence electrons. The molecule has 2 atom stereocenters. The maximum Gasteiger partial charge on any atom is 0.164 e. The quantitative estimate of drug-likeness (QED) is 0.307. The summed E-state index contributed by atoms with van der Waals surface area (Å²) in [4.78, 5) is 4.32. The molecule has 0 amide bonds. The fourth-order valence-corrected chi connectivity index (χ4v) is 2.61. The summed E-state index contributed by atoms with van der Waals surface area (Å²) in [5, 5.41) is 11.7. The number of nitrogens with zero attached hydrogens (tertiary/aromatic N) is 2. The molecule has 3 heteroatoms. The van der Waals surface area contributed by atoms with Crippen LogP contribution >= 0.6 is 0 Å². The largest absolute Gasteiger partial charge is 0.409 e. The van der Waals surface area contributed by atoms with Crippen LogP contribution in [0.3, 0.4) is 0 Å². The summed E-state index contributed by atoms with van der Waals surface area (Å²) in [6, 6.07) is 0. The SMILES string of the molecule is CC(=N/O)/N=C(\C)[C@H]1CC[C@@H](C)C1(C)C. The monoisotopic (exact) mass is 210 g/mol. The van der Waals surface area contributed by atoms with Gasteiger partial charge in [0.25, 0.3) is 0 Å². The van der Waals surface area contributed by atoms with Gasteiger partial charge in [-0.1, -0.05) is 25.9 Å². The smallest absolute Gasteiger partial charge is 0.164 e. The predicted molar refractivity (Wildman–Crippen MR) is 63.7 cm³/mol. The summed E-state index contributed by atoms with van der Waals surface area (Å²) in [5.41, 5.74) is 1.41. The molecule has 0 radical (unpaired) electrons. The molecule has 0 saturated heterocycles. The van der Waals surface area contributed by atoms with Gasteiger partial charge in [0.05, 0.1) is 0 Å². The van der Waals surface area contributed by atoms with E-state index < -0.39 is 0 Å². The molecular formula is C12H22N2O. The Balaban J connectivity index is 2.86. The number of aliphatic imine (C=N–C) groups is 1. The molecule has 0 unspecified atom stereocenters. The van der Waals surface area contributed by atoms with E-state index in [4.69, 9.17) is 5.21 Å². The Morgan fingerprint density at radius 2 is 1.87 bits per heavy atom. The Kier molecular flexibility index (Phi) is 3.53. The first kappa shape index (κ1) is 12.2. The zero-order chi connectivity index (χ0) is 11.6. The summed E-state index contributed by atoms with van der Waals surface area (Å²) >= 11 is 0. The van der Waals surface area contributed by atoms with Gasteiger partial charge in [-0.15, -0.1) is 0 Å². The summed E-state index contributed by atoms with van der Waals surface area (Å²) in [7, 11) is 0. The second-order valence-electron chi connectivity index (χ2n) is 5.25. The Morgan fingerprint density at radius 1 is 1.27 bits per heavy atom. The number of amidine groups is 1. The molecule has 0 bridgehead atoms. The van der Waals surface area contributed by atoms with Crippen LogP contribution < -0.4 is 0 Å². The summed E-state index contributed by atoms with van der Waals surface area (Å²) in [5.74, 6) is 1.70. The Bertz CT molecular complexity index is 292. The highest BCUT2D eigenvalue weighted by Gasteiger charge is 2.41. The van der Waals surface area contributed by atoms with Crippen molar-refractivity contribution in [1.29, 1.82) is 0 Å². The second kappa shape index (κ2) is 4.33. The van der Waals surface area contributed by atoms with Crippen molar-refractivity contribution in [3.8, 4) is 0 Å². The van der Waals surface area contributed by atoms with E-state index in [-0.39, 0.29) is 0 Å². The minimum Gasteiger partial charge on any atom is -0.409 e. The van der Waals surface area contributed by atoms with Crippen LogP contribution in [0.2, 0.25) is 0 Å². The van der Waals surface area contributed by atoms with Crippen LogP contribution in [0.15, 0.2) is 10.1 Å². The van der Waals surface area contributed by atoms with Crippen LogP contribution in [-0.2, 0) is 0 Å². The molecule has 0 heterocycles. The molecule has 0 aromatic carbocycles. The lowest BCUT2D eigenvalue weighted by molar-refractivity contribution is 0.243. The van der Waals surface area contributed by atoms with E-state index >= 15 is 0 Å². The third-order valence-electron chi connectivity index (χ3n) is 4.04. The van der Waals surface area contributed by atoms with E-state index in [0.29, 0.717) is 17.2 Å². The summed E-state index contributed by atoms with van der Waals surface area (Å²) < 4.78 is 0. The van der Waals surface area contributed by atoms with Crippen molar-refractivity contribution in [2.24, 2.45) is 27.4 Å². The topological polar surface area (TPSA) is 45.0 Å². The molecule has 0 aliphatic heterocycles. The van der Waals surface area contributed by atoms with Crippen LogP contribution in [-0.4, -0.2) is 16.8 Å². The summed E-state index contributed by atoms with van der Waals surface area (Å²) in [6.07, 6.45) is 2.46. The van der Waals surface area contributed by atoms with Gasteiger partial charge in [-0.05, 0) is 38.0 Å². The van der Waals surface area contributed by atoms with Gasteiger partial charge in [-0.3, -0.25) is 0 Å². The first-order valence-corrected chi connectivity index (χ1v) is 5.63. The van der Waals surface area contributed by atoms with Crippen molar-refractivity contribution in [2.75, 3.05) is 0 Å². The zero-order valence-corrected chi connectivity index (χ0v) is 10.4. The van der Waals surface area contributed by atoms with E-state index in [1.54, 1.807) is 6.92 Å².